The van der Waals surface area contributed by atoms with Crippen molar-refractivity contribution >= 4 is 27.5 Å². The zero-order valence-corrected chi connectivity index (χ0v) is 16.6. The lowest BCUT2D eigenvalue weighted by molar-refractivity contribution is -0.135. The average Bonchev–Trinajstić information content (AvgIpc) is 3.40. The van der Waals surface area contributed by atoms with Crippen LogP contribution in [0.4, 0.5) is 0 Å². The van der Waals surface area contributed by atoms with Crippen LogP contribution in [-0.2, 0) is 17.9 Å². The molecule has 4 heterocycles. The fourth-order valence-corrected chi connectivity index (χ4v) is 4.81. The first kappa shape index (κ1) is 18.7. The van der Waals surface area contributed by atoms with E-state index in [2.05, 4.69) is 6.92 Å². The number of furan rings is 1. The molecule has 1 aliphatic rings. The minimum Gasteiger partial charge on any atom is -0.467 e. The maximum atomic E-state index is 13.1. The van der Waals surface area contributed by atoms with Crippen molar-refractivity contribution in [1.29, 1.82) is 0 Å². The van der Waals surface area contributed by atoms with Crippen LogP contribution in [0.25, 0.3) is 10.2 Å². The number of likely N-dealkylation sites (tertiary alicyclic amines) is 1. The lowest BCUT2D eigenvalue weighted by Gasteiger charge is -2.35. The van der Waals surface area contributed by atoms with Crippen LogP contribution in [-0.4, -0.2) is 32.5 Å². The molecule has 3 aromatic heterocycles. The van der Waals surface area contributed by atoms with Crippen molar-refractivity contribution in [2.45, 2.75) is 51.7 Å². The van der Waals surface area contributed by atoms with E-state index in [1.807, 2.05) is 4.90 Å². The van der Waals surface area contributed by atoms with Crippen molar-refractivity contribution in [2.24, 2.45) is 0 Å². The van der Waals surface area contributed by atoms with Crippen molar-refractivity contribution in [2.75, 3.05) is 6.54 Å². The average molecular weight is 401 g/mol. The Hall–Kier alpha value is -2.61. The summed E-state index contributed by atoms with van der Waals surface area (Å²) >= 11 is 1.28. The number of rotatable bonds is 5. The molecule has 1 fully saturated rings. The third kappa shape index (κ3) is 3.32. The summed E-state index contributed by atoms with van der Waals surface area (Å²) in [5.41, 5.74) is -0.306. The molecular formula is C20H23N3O4S. The second kappa shape index (κ2) is 7.79. The van der Waals surface area contributed by atoms with E-state index < -0.39 is 5.69 Å². The summed E-state index contributed by atoms with van der Waals surface area (Å²) in [5.74, 6) is 0.458. The van der Waals surface area contributed by atoms with Gasteiger partial charge in [0.25, 0.3) is 5.56 Å². The summed E-state index contributed by atoms with van der Waals surface area (Å²) in [6.45, 7) is 2.81. The largest absolute Gasteiger partial charge is 0.467 e. The highest BCUT2D eigenvalue weighted by molar-refractivity contribution is 7.17. The van der Waals surface area contributed by atoms with Crippen molar-refractivity contribution < 1.29 is 9.21 Å². The maximum absolute atomic E-state index is 13.1. The number of carbonyl (C=O) groups excluding carboxylic acids is 1. The van der Waals surface area contributed by atoms with Crippen LogP contribution in [0.3, 0.4) is 0 Å². The summed E-state index contributed by atoms with van der Waals surface area (Å²) in [7, 11) is 0. The molecule has 0 saturated carbocycles. The Kier molecular flexibility index (Phi) is 5.21. The lowest BCUT2D eigenvalue weighted by Crippen LogP contribution is -2.47. The third-order valence-corrected chi connectivity index (χ3v) is 6.33. The molecule has 0 radical (unpaired) electrons. The second-order valence-electron chi connectivity index (χ2n) is 7.12. The normalized spacial score (nSPS) is 17.3. The molecule has 0 bridgehead atoms. The molecular weight excluding hydrogens is 378 g/mol. The van der Waals surface area contributed by atoms with Crippen LogP contribution < -0.4 is 11.2 Å². The van der Waals surface area contributed by atoms with Crippen molar-refractivity contribution in [3.8, 4) is 0 Å². The number of fused-ring (bicyclic) bond motifs is 1. The molecule has 0 aromatic carbocycles. The molecule has 0 unspecified atom stereocenters. The number of hydrogen-bond donors (Lipinski definition) is 0. The molecule has 1 amide bonds. The Morgan fingerprint density at radius 2 is 2.11 bits per heavy atom. The van der Waals surface area contributed by atoms with Gasteiger partial charge in [-0.2, -0.15) is 0 Å². The van der Waals surface area contributed by atoms with Gasteiger partial charge in [0.2, 0.25) is 5.91 Å². The van der Waals surface area contributed by atoms with E-state index in [0.29, 0.717) is 16.0 Å². The third-order valence-electron chi connectivity index (χ3n) is 5.44. The lowest BCUT2D eigenvalue weighted by atomic mass is 10.00. The van der Waals surface area contributed by atoms with E-state index in [0.717, 1.165) is 36.8 Å². The number of carbonyl (C=O) groups is 1. The molecule has 28 heavy (non-hydrogen) atoms. The first-order valence-corrected chi connectivity index (χ1v) is 10.5. The van der Waals surface area contributed by atoms with E-state index in [1.54, 1.807) is 23.6 Å². The zero-order valence-electron chi connectivity index (χ0n) is 15.8. The molecule has 4 rings (SSSR count). The van der Waals surface area contributed by atoms with Gasteiger partial charge in [0.1, 0.15) is 17.0 Å². The van der Waals surface area contributed by atoms with Crippen molar-refractivity contribution in [1.82, 2.24) is 14.0 Å². The Morgan fingerprint density at radius 3 is 2.86 bits per heavy atom. The predicted octanol–water partition coefficient (Wildman–Crippen LogP) is 2.66. The molecule has 0 N–H and O–H groups in total. The van der Waals surface area contributed by atoms with Crippen LogP contribution >= 0.6 is 11.3 Å². The predicted molar refractivity (Wildman–Crippen MR) is 108 cm³/mol. The van der Waals surface area contributed by atoms with Gasteiger partial charge in [-0.15, -0.1) is 11.3 Å². The first-order valence-electron chi connectivity index (χ1n) is 9.63. The van der Waals surface area contributed by atoms with Gasteiger partial charge in [0.15, 0.2) is 0 Å². The summed E-state index contributed by atoms with van der Waals surface area (Å²) in [5, 5.41) is 1.78. The van der Waals surface area contributed by atoms with Crippen LogP contribution in [0.5, 0.6) is 0 Å². The van der Waals surface area contributed by atoms with E-state index in [4.69, 9.17) is 4.42 Å². The summed E-state index contributed by atoms with van der Waals surface area (Å²) in [6.07, 6.45) is 5.54. The number of amides is 1. The van der Waals surface area contributed by atoms with Gasteiger partial charge >= 0.3 is 5.69 Å². The highest BCUT2D eigenvalue weighted by atomic mass is 32.1. The minimum absolute atomic E-state index is 0.0496. The molecule has 148 valence electrons. The molecule has 0 aliphatic carbocycles. The van der Waals surface area contributed by atoms with E-state index in [1.165, 1.54) is 22.2 Å². The topological polar surface area (TPSA) is 77.5 Å². The summed E-state index contributed by atoms with van der Waals surface area (Å²) in [4.78, 5) is 40.8. The highest BCUT2D eigenvalue weighted by Gasteiger charge is 2.26. The zero-order chi connectivity index (χ0) is 19.7. The van der Waals surface area contributed by atoms with Gasteiger partial charge in [-0.1, -0.05) is 6.92 Å². The molecule has 7 nitrogen and oxygen atoms in total. The number of piperidine rings is 1. The molecule has 1 aliphatic heterocycles. The minimum atomic E-state index is -0.481. The number of aromatic nitrogens is 2. The van der Waals surface area contributed by atoms with Crippen LogP contribution in [0.2, 0.25) is 0 Å². The highest BCUT2D eigenvalue weighted by Crippen LogP contribution is 2.21. The molecule has 8 heteroatoms. The molecule has 1 saturated heterocycles. The van der Waals surface area contributed by atoms with E-state index in [-0.39, 0.29) is 30.6 Å². The van der Waals surface area contributed by atoms with Crippen molar-refractivity contribution in [3.63, 3.8) is 0 Å². The first-order chi connectivity index (χ1) is 13.6. The van der Waals surface area contributed by atoms with Gasteiger partial charge < -0.3 is 9.32 Å². The molecule has 3 aromatic rings. The Morgan fingerprint density at radius 1 is 1.25 bits per heavy atom. The van der Waals surface area contributed by atoms with Gasteiger partial charge in [-0.3, -0.25) is 18.7 Å². The standard InChI is InChI=1S/C20H23N3O4S/c1-2-14-6-3-4-9-21(14)17(24)13-22-16-8-11-28-18(16)19(25)23(20(22)26)12-15-7-5-10-27-15/h5,7-8,10-11,14H,2-4,6,9,12-13H2,1H3/t14-/m1/s1. The summed E-state index contributed by atoms with van der Waals surface area (Å²) in [6, 6.07) is 5.40. The second-order valence-corrected chi connectivity index (χ2v) is 8.04. The monoisotopic (exact) mass is 401 g/mol. The smallest absolute Gasteiger partial charge is 0.332 e. The van der Waals surface area contributed by atoms with Crippen molar-refractivity contribution in [3.05, 3.63) is 56.4 Å². The molecule has 0 spiro atoms. The SMILES string of the molecule is CC[C@@H]1CCCCN1C(=O)Cn1c(=O)n(Cc2ccco2)c(=O)c2sccc21. The van der Waals surface area contributed by atoms with Gasteiger partial charge in [0.05, 0.1) is 18.3 Å². The maximum Gasteiger partial charge on any atom is 0.332 e. The van der Waals surface area contributed by atoms with E-state index >= 15 is 0 Å². The van der Waals surface area contributed by atoms with Crippen LogP contribution in [0.1, 0.15) is 38.4 Å². The Labute approximate surface area is 165 Å². The quantitative estimate of drug-likeness (QED) is 0.659. The fraction of sp³-hybridized carbons (Fsp3) is 0.450. The van der Waals surface area contributed by atoms with Crippen LogP contribution in [0, 0.1) is 0 Å². The number of nitrogens with zero attached hydrogens (tertiary/aromatic N) is 3. The fourth-order valence-electron chi connectivity index (χ4n) is 3.96. The Balaban J connectivity index is 1.74. The van der Waals surface area contributed by atoms with Crippen LogP contribution in [0.15, 0.2) is 43.8 Å². The van der Waals surface area contributed by atoms with Gasteiger partial charge in [-0.05, 0) is 49.3 Å². The Bertz CT molecular complexity index is 1090. The molecule has 1 atom stereocenters. The van der Waals surface area contributed by atoms with Gasteiger partial charge in [-0.25, -0.2) is 4.79 Å². The van der Waals surface area contributed by atoms with Gasteiger partial charge in [0, 0.05) is 12.6 Å². The van der Waals surface area contributed by atoms with E-state index in [9.17, 15) is 14.4 Å². The number of thiophene rings is 1. The number of hydrogen-bond acceptors (Lipinski definition) is 5. The summed E-state index contributed by atoms with van der Waals surface area (Å²) < 4.78 is 8.36.